The Hall–Kier alpha value is -1.43. The molecule has 1 aromatic carbocycles. The number of carbonyl (C=O) groups is 1. The van der Waals surface area contributed by atoms with Gasteiger partial charge in [0.25, 0.3) is 5.91 Å². The third-order valence-corrected chi connectivity index (χ3v) is 7.35. The summed E-state index contributed by atoms with van der Waals surface area (Å²) in [6.07, 6.45) is 7.57. The SMILES string of the molecule is O=C(C1OCCc2ccccc21)N1CC(N2CCN(C3CCCCC3)CC2)C1. The fourth-order valence-electron chi connectivity index (χ4n) is 5.54. The number of carbonyl (C=O) groups excluding carboxylic acids is 1. The van der Waals surface area contributed by atoms with Crippen LogP contribution in [0.1, 0.15) is 49.3 Å². The van der Waals surface area contributed by atoms with Gasteiger partial charge in [0.2, 0.25) is 0 Å². The number of amides is 1. The molecule has 1 atom stereocenters. The lowest BCUT2D eigenvalue weighted by Gasteiger charge is -2.50. The van der Waals surface area contributed by atoms with E-state index in [1.54, 1.807) is 0 Å². The molecule has 0 radical (unpaired) electrons. The zero-order chi connectivity index (χ0) is 18.9. The van der Waals surface area contributed by atoms with Crippen molar-refractivity contribution in [3.8, 4) is 0 Å². The highest BCUT2D eigenvalue weighted by Crippen LogP contribution is 2.31. The van der Waals surface area contributed by atoms with Crippen molar-refractivity contribution < 1.29 is 9.53 Å². The quantitative estimate of drug-likeness (QED) is 0.803. The van der Waals surface area contributed by atoms with Crippen LogP contribution in [-0.4, -0.2) is 78.6 Å². The highest BCUT2D eigenvalue weighted by molar-refractivity contribution is 5.83. The molecule has 5 heteroatoms. The van der Waals surface area contributed by atoms with Crippen molar-refractivity contribution in [2.45, 2.75) is 56.7 Å². The molecule has 5 rings (SSSR count). The minimum atomic E-state index is -0.394. The van der Waals surface area contributed by atoms with Crippen LogP contribution in [0.3, 0.4) is 0 Å². The van der Waals surface area contributed by atoms with Gasteiger partial charge in [-0.15, -0.1) is 0 Å². The van der Waals surface area contributed by atoms with Gasteiger partial charge < -0.3 is 9.64 Å². The largest absolute Gasteiger partial charge is 0.363 e. The molecule has 1 aromatic rings. The second kappa shape index (κ2) is 8.13. The van der Waals surface area contributed by atoms with E-state index in [1.807, 2.05) is 11.0 Å². The van der Waals surface area contributed by atoms with Gasteiger partial charge in [-0.3, -0.25) is 14.6 Å². The predicted octanol–water partition coefficient (Wildman–Crippen LogP) is 2.46. The number of ether oxygens (including phenoxy) is 1. The fraction of sp³-hybridized carbons (Fsp3) is 0.696. The summed E-state index contributed by atoms with van der Waals surface area (Å²) in [7, 11) is 0. The van der Waals surface area contributed by atoms with Crippen LogP contribution < -0.4 is 0 Å². The van der Waals surface area contributed by atoms with E-state index in [1.165, 1.54) is 50.8 Å². The second-order valence-electron chi connectivity index (χ2n) is 8.96. The summed E-state index contributed by atoms with van der Waals surface area (Å²) in [5, 5.41) is 0. The maximum Gasteiger partial charge on any atom is 0.256 e. The van der Waals surface area contributed by atoms with Crippen LogP contribution in [0.25, 0.3) is 0 Å². The average molecular weight is 384 g/mol. The van der Waals surface area contributed by atoms with Crippen LogP contribution in [-0.2, 0) is 16.0 Å². The molecule has 0 aromatic heterocycles. The third-order valence-electron chi connectivity index (χ3n) is 7.35. The Morgan fingerprint density at radius 1 is 0.893 bits per heavy atom. The van der Waals surface area contributed by atoms with Crippen LogP contribution in [0.5, 0.6) is 0 Å². The molecule has 28 heavy (non-hydrogen) atoms. The van der Waals surface area contributed by atoms with Gasteiger partial charge >= 0.3 is 0 Å². The molecule has 2 saturated heterocycles. The first-order valence-corrected chi connectivity index (χ1v) is 11.3. The number of hydrogen-bond acceptors (Lipinski definition) is 4. The smallest absolute Gasteiger partial charge is 0.256 e. The first kappa shape index (κ1) is 18.6. The normalized spacial score (nSPS) is 28.0. The number of piperazine rings is 1. The predicted molar refractivity (Wildman–Crippen MR) is 109 cm³/mol. The number of hydrogen-bond donors (Lipinski definition) is 0. The van der Waals surface area contributed by atoms with E-state index in [0.29, 0.717) is 12.6 Å². The zero-order valence-corrected chi connectivity index (χ0v) is 16.9. The summed E-state index contributed by atoms with van der Waals surface area (Å²) < 4.78 is 5.87. The zero-order valence-electron chi connectivity index (χ0n) is 16.9. The molecule has 152 valence electrons. The highest BCUT2D eigenvalue weighted by atomic mass is 16.5. The maximum atomic E-state index is 13.0. The van der Waals surface area contributed by atoms with Crippen molar-refractivity contribution in [3.05, 3.63) is 35.4 Å². The Labute approximate surface area is 168 Å². The number of benzene rings is 1. The summed E-state index contributed by atoms with van der Waals surface area (Å²) >= 11 is 0. The van der Waals surface area contributed by atoms with Crippen molar-refractivity contribution in [1.82, 2.24) is 14.7 Å². The van der Waals surface area contributed by atoms with E-state index in [9.17, 15) is 4.79 Å². The van der Waals surface area contributed by atoms with Crippen LogP contribution in [0.4, 0.5) is 0 Å². The molecule has 3 fully saturated rings. The molecule has 0 N–H and O–H groups in total. The maximum absolute atomic E-state index is 13.0. The van der Waals surface area contributed by atoms with Gasteiger partial charge in [-0.05, 0) is 30.4 Å². The summed E-state index contributed by atoms with van der Waals surface area (Å²) in [5.74, 6) is 0.157. The van der Waals surface area contributed by atoms with Gasteiger partial charge in [0.1, 0.15) is 0 Å². The summed E-state index contributed by atoms with van der Waals surface area (Å²) in [6, 6.07) is 9.62. The molecule has 4 aliphatic rings. The molecule has 1 aliphatic carbocycles. The number of fused-ring (bicyclic) bond motifs is 1. The van der Waals surface area contributed by atoms with Crippen molar-refractivity contribution in [2.24, 2.45) is 0 Å². The van der Waals surface area contributed by atoms with E-state index in [-0.39, 0.29) is 5.91 Å². The lowest BCUT2D eigenvalue weighted by Crippen LogP contribution is -2.65. The van der Waals surface area contributed by atoms with E-state index < -0.39 is 6.10 Å². The average Bonchev–Trinajstić information content (AvgIpc) is 2.73. The number of likely N-dealkylation sites (tertiary alicyclic amines) is 1. The van der Waals surface area contributed by atoms with Crippen LogP contribution in [0, 0.1) is 0 Å². The second-order valence-corrected chi connectivity index (χ2v) is 8.96. The van der Waals surface area contributed by atoms with Gasteiger partial charge in [-0.2, -0.15) is 0 Å². The molecule has 3 aliphatic heterocycles. The van der Waals surface area contributed by atoms with Crippen LogP contribution in [0.15, 0.2) is 24.3 Å². The number of nitrogens with zero attached hydrogens (tertiary/aromatic N) is 3. The van der Waals surface area contributed by atoms with Gasteiger partial charge in [0.15, 0.2) is 6.10 Å². The topological polar surface area (TPSA) is 36.0 Å². The summed E-state index contributed by atoms with van der Waals surface area (Å²) in [4.78, 5) is 20.3. The van der Waals surface area contributed by atoms with Crippen molar-refractivity contribution in [1.29, 1.82) is 0 Å². The Kier molecular flexibility index (Phi) is 5.40. The summed E-state index contributed by atoms with van der Waals surface area (Å²) in [5.41, 5.74) is 2.34. The molecule has 0 bridgehead atoms. The lowest BCUT2D eigenvalue weighted by atomic mass is 9.93. The van der Waals surface area contributed by atoms with Crippen LogP contribution in [0.2, 0.25) is 0 Å². The van der Waals surface area contributed by atoms with Crippen molar-refractivity contribution in [3.63, 3.8) is 0 Å². The van der Waals surface area contributed by atoms with Gasteiger partial charge in [-0.1, -0.05) is 43.5 Å². The molecular weight excluding hydrogens is 350 g/mol. The Balaban J connectivity index is 1.12. The molecule has 3 heterocycles. The molecule has 1 unspecified atom stereocenters. The standard InChI is InChI=1S/C23H33N3O2/c27-23(22-21-9-5-4-6-18(21)10-15-28-22)26-16-20(17-26)25-13-11-24(12-14-25)19-7-2-1-3-8-19/h4-6,9,19-20,22H,1-3,7-8,10-17H2. The van der Waals surface area contributed by atoms with Gasteiger partial charge in [0.05, 0.1) is 6.61 Å². The summed E-state index contributed by atoms with van der Waals surface area (Å²) in [6.45, 7) is 7.10. The van der Waals surface area contributed by atoms with Crippen molar-refractivity contribution >= 4 is 5.91 Å². The van der Waals surface area contributed by atoms with Crippen LogP contribution >= 0.6 is 0 Å². The third kappa shape index (κ3) is 3.60. The highest BCUT2D eigenvalue weighted by Gasteiger charge is 2.40. The first-order chi connectivity index (χ1) is 13.8. The molecule has 1 saturated carbocycles. The monoisotopic (exact) mass is 383 g/mol. The molecular formula is C23H33N3O2. The van der Waals surface area contributed by atoms with E-state index in [2.05, 4.69) is 28.0 Å². The van der Waals surface area contributed by atoms with Gasteiger partial charge in [0, 0.05) is 51.4 Å². The van der Waals surface area contributed by atoms with Gasteiger partial charge in [-0.25, -0.2) is 0 Å². The minimum Gasteiger partial charge on any atom is -0.363 e. The van der Waals surface area contributed by atoms with E-state index >= 15 is 0 Å². The Bertz CT molecular complexity index is 689. The molecule has 1 amide bonds. The lowest BCUT2D eigenvalue weighted by molar-refractivity contribution is -0.153. The first-order valence-electron chi connectivity index (χ1n) is 11.3. The van der Waals surface area contributed by atoms with E-state index in [4.69, 9.17) is 4.74 Å². The fourth-order valence-corrected chi connectivity index (χ4v) is 5.54. The van der Waals surface area contributed by atoms with E-state index in [0.717, 1.165) is 44.2 Å². The molecule has 5 nitrogen and oxygen atoms in total. The Morgan fingerprint density at radius 3 is 2.32 bits per heavy atom. The molecule has 0 spiro atoms. The Morgan fingerprint density at radius 2 is 1.57 bits per heavy atom. The minimum absolute atomic E-state index is 0.157. The number of rotatable bonds is 3. The van der Waals surface area contributed by atoms with Crippen molar-refractivity contribution in [2.75, 3.05) is 45.9 Å².